The second-order valence-corrected chi connectivity index (χ2v) is 12.9. The fourth-order valence-electron chi connectivity index (χ4n) is 5.25. The van der Waals surface area contributed by atoms with Crippen molar-refractivity contribution >= 4 is 15.7 Å². The van der Waals surface area contributed by atoms with Crippen LogP contribution in [-0.2, 0) is 14.6 Å². The molecule has 10 heteroatoms. The number of carbonyl (C=O) groups excluding carboxylic acids is 1. The molecule has 1 atom stereocenters. The summed E-state index contributed by atoms with van der Waals surface area (Å²) in [5.41, 5.74) is 1.89. The van der Waals surface area contributed by atoms with Gasteiger partial charge in [0.15, 0.2) is 9.84 Å². The van der Waals surface area contributed by atoms with Gasteiger partial charge in [0.05, 0.1) is 28.0 Å². The van der Waals surface area contributed by atoms with Crippen molar-refractivity contribution in [3.63, 3.8) is 0 Å². The number of halogens is 2. The Balaban J connectivity index is 1.49. The van der Waals surface area contributed by atoms with Crippen LogP contribution in [0, 0.1) is 13.8 Å². The molecule has 4 rings (SSSR count). The predicted octanol–water partition coefficient (Wildman–Crippen LogP) is 4.19. The van der Waals surface area contributed by atoms with E-state index in [0.29, 0.717) is 50.1 Å². The first kappa shape index (κ1) is 27.6. The first-order valence-corrected chi connectivity index (χ1v) is 14.2. The molecule has 0 bridgehead atoms. The molecule has 0 aliphatic carbocycles. The predicted molar refractivity (Wildman–Crippen MR) is 137 cm³/mol. The summed E-state index contributed by atoms with van der Waals surface area (Å²) in [5.74, 6) is -0.177. The van der Waals surface area contributed by atoms with Gasteiger partial charge in [-0.3, -0.25) is 14.7 Å². The maximum Gasteiger partial charge on any atom is 0.253 e. The Morgan fingerprint density at radius 3 is 2.46 bits per heavy atom. The average molecular weight is 536 g/mol. The van der Waals surface area contributed by atoms with Gasteiger partial charge in [-0.25, -0.2) is 17.2 Å². The van der Waals surface area contributed by atoms with Gasteiger partial charge in [-0.1, -0.05) is 6.07 Å². The van der Waals surface area contributed by atoms with Crippen molar-refractivity contribution in [2.75, 3.05) is 32.7 Å². The van der Waals surface area contributed by atoms with Crippen LogP contribution in [0.1, 0.15) is 60.1 Å². The minimum absolute atomic E-state index is 0.177. The van der Waals surface area contributed by atoms with E-state index in [-0.39, 0.29) is 17.3 Å². The Kier molecular flexibility index (Phi) is 8.02. The van der Waals surface area contributed by atoms with E-state index >= 15 is 0 Å². The Bertz CT molecular complexity index is 1240. The molecule has 37 heavy (non-hydrogen) atoms. The highest BCUT2D eigenvalue weighted by molar-refractivity contribution is 7.92. The first-order chi connectivity index (χ1) is 17.4. The van der Waals surface area contributed by atoms with Crippen LogP contribution in [0.2, 0.25) is 0 Å². The Labute approximate surface area is 217 Å². The number of carbonyl (C=O) groups is 1. The van der Waals surface area contributed by atoms with Crippen LogP contribution in [0.4, 0.5) is 8.78 Å². The van der Waals surface area contributed by atoms with Gasteiger partial charge in [0, 0.05) is 37.4 Å². The monoisotopic (exact) mass is 535 g/mol. The van der Waals surface area contributed by atoms with Crippen LogP contribution >= 0.6 is 0 Å². The zero-order valence-electron chi connectivity index (χ0n) is 21.8. The number of pyridine rings is 1. The SMILES string of the molecule is Cc1cccc(C2CN(CC(F)F)CC3(CCN(C(=O)c4ccc(S(=O)(=O)C(C)C)c(C)c4)CC3)O2)n1. The lowest BCUT2D eigenvalue weighted by molar-refractivity contribution is -0.181. The lowest BCUT2D eigenvalue weighted by Gasteiger charge is -2.50. The van der Waals surface area contributed by atoms with Crippen molar-refractivity contribution in [3.8, 4) is 0 Å². The molecule has 1 spiro atoms. The normalized spacial score (nSPS) is 20.6. The van der Waals surface area contributed by atoms with E-state index in [1.54, 1.807) is 42.7 Å². The number of ether oxygens (including phenoxy) is 1. The van der Waals surface area contributed by atoms with Gasteiger partial charge < -0.3 is 9.64 Å². The van der Waals surface area contributed by atoms with Crippen molar-refractivity contribution in [2.45, 2.75) is 68.8 Å². The van der Waals surface area contributed by atoms with Crippen LogP contribution in [-0.4, -0.2) is 79.1 Å². The van der Waals surface area contributed by atoms with E-state index in [1.807, 2.05) is 25.1 Å². The zero-order valence-corrected chi connectivity index (χ0v) is 22.6. The summed E-state index contributed by atoms with van der Waals surface area (Å²) < 4.78 is 58.3. The molecule has 202 valence electrons. The number of morpholine rings is 1. The van der Waals surface area contributed by atoms with Crippen LogP contribution < -0.4 is 0 Å². The fourth-order valence-corrected chi connectivity index (χ4v) is 6.52. The third kappa shape index (κ3) is 6.02. The molecule has 2 aliphatic rings. The van der Waals surface area contributed by atoms with Crippen LogP contribution in [0.15, 0.2) is 41.3 Å². The molecule has 0 saturated carbocycles. The van der Waals surface area contributed by atoms with Crippen molar-refractivity contribution in [2.24, 2.45) is 0 Å². The van der Waals surface area contributed by atoms with E-state index in [2.05, 4.69) is 4.98 Å². The Hall–Kier alpha value is -2.43. The molecule has 1 unspecified atom stereocenters. The number of likely N-dealkylation sites (tertiary alicyclic amines) is 1. The summed E-state index contributed by atoms with van der Waals surface area (Å²) in [4.78, 5) is 21.5. The van der Waals surface area contributed by atoms with Gasteiger partial charge in [-0.05, 0) is 76.4 Å². The van der Waals surface area contributed by atoms with E-state index in [9.17, 15) is 22.0 Å². The van der Waals surface area contributed by atoms with Crippen LogP contribution in [0.25, 0.3) is 0 Å². The zero-order chi connectivity index (χ0) is 27.0. The molecule has 1 aromatic carbocycles. The molecule has 2 aliphatic heterocycles. The number of amides is 1. The summed E-state index contributed by atoms with van der Waals surface area (Å²) in [6.45, 7) is 8.07. The molecule has 1 amide bonds. The largest absolute Gasteiger partial charge is 0.363 e. The molecule has 2 saturated heterocycles. The van der Waals surface area contributed by atoms with Gasteiger partial charge in [0.2, 0.25) is 0 Å². The van der Waals surface area contributed by atoms with Gasteiger partial charge in [0.1, 0.15) is 6.10 Å². The van der Waals surface area contributed by atoms with Crippen molar-refractivity contribution in [3.05, 3.63) is 58.9 Å². The Morgan fingerprint density at radius 1 is 1.16 bits per heavy atom. The lowest BCUT2D eigenvalue weighted by atomic mass is 9.87. The van der Waals surface area contributed by atoms with Crippen LogP contribution in [0.3, 0.4) is 0 Å². The number of piperidine rings is 1. The van der Waals surface area contributed by atoms with Crippen molar-refractivity contribution < 1.29 is 26.7 Å². The Morgan fingerprint density at radius 2 is 1.86 bits per heavy atom. The topological polar surface area (TPSA) is 79.8 Å². The number of rotatable bonds is 6. The maximum absolute atomic E-state index is 13.3. The van der Waals surface area contributed by atoms with E-state index < -0.39 is 33.2 Å². The number of aryl methyl sites for hydroxylation is 2. The van der Waals surface area contributed by atoms with Crippen molar-refractivity contribution in [1.82, 2.24) is 14.8 Å². The molecule has 1 aromatic heterocycles. The summed E-state index contributed by atoms with van der Waals surface area (Å²) in [7, 11) is -3.44. The molecule has 0 N–H and O–H groups in total. The number of aromatic nitrogens is 1. The number of nitrogens with zero attached hydrogens (tertiary/aromatic N) is 3. The van der Waals surface area contributed by atoms with Gasteiger partial charge in [0.25, 0.3) is 12.3 Å². The standard InChI is InChI=1S/C27H35F2N3O4S/c1-18(2)37(34,35)24-9-8-21(14-19(24)3)26(33)32-12-10-27(11-13-32)17-31(16-25(28)29)15-23(36-27)22-7-5-6-20(4)30-22/h5-9,14,18,23,25H,10-13,15-17H2,1-4H3. The number of hydrogen-bond acceptors (Lipinski definition) is 6. The molecule has 0 radical (unpaired) electrons. The fraction of sp³-hybridized carbons (Fsp3) is 0.556. The molecule has 2 fully saturated rings. The third-order valence-electron chi connectivity index (χ3n) is 7.27. The summed E-state index contributed by atoms with van der Waals surface area (Å²) >= 11 is 0. The summed E-state index contributed by atoms with van der Waals surface area (Å²) in [6.07, 6.45) is -1.85. The minimum Gasteiger partial charge on any atom is -0.363 e. The lowest BCUT2D eigenvalue weighted by Crippen LogP contribution is -2.58. The number of alkyl halides is 2. The molecule has 7 nitrogen and oxygen atoms in total. The van der Waals surface area contributed by atoms with Gasteiger partial charge in [-0.2, -0.15) is 0 Å². The third-order valence-corrected chi connectivity index (χ3v) is 9.59. The smallest absolute Gasteiger partial charge is 0.253 e. The molecule has 2 aromatic rings. The highest BCUT2D eigenvalue weighted by atomic mass is 32.2. The van der Waals surface area contributed by atoms with E-state index in [0.717, 1.165) is 11.4 Å². The van der Waals surface area contributed by atoms with E-state index in [1.165, 1.54) is 6.07 Å². The first-order valence-electron chi connectivity index (χ1n) is 12.7. The number of hydrogen-bond donors (Lipinski definition) is 0. The van der Waals surface area contributed by atoms with Gasteiger partial charge in [-0.15, -0.1) is 0 Å². The highest BCUT2D eigenvalue weighted by Crippen LogP contribution is 2.38. The average Bonchev–Trinajstić information content (AvgIpc) is 2.83. The number of sulfone groups is 1. The second-order valence-electron chi connectivity index (χ2n) is 10.4. The quantitative estimate of drug-likeness (QED) is 0.552. The maximum atomic E-state index is 13.3. The minimum atomic E-state index is -3.44. The number of benzene rings is 1. The van der Waals surface area contributed by atoms with E-state index in [4.69, 9.17) is 4.74 Å². The summed E-state index contributed by atoms with van der Waals surface area (Å²) in [5, 5.41) is -0.551. The molecule has 3 heterocycles. The molecular formula is C27H35F2N3O4S. The van der Waals surface area contributed by atoms with Crippen molar-refractivity contribution in [1.29, 1.82) is 0 Å². The van der Waals surface area contributed by atoms with Crippen LogP contribution in [0.5, 0.6) is 0 Å². The highest BCUT2D eigenvalue weighted by Gasteiger charge is 2.45. The summed E-state index contributed by atoms with van der Waals surface area (Å²) in [6, 6.07) is 10.3. The molecular weight excluding hydrogens is 500 g/mol. The van der Waals surface area contributed by atoms with Gasteiger partial charge >= 0.3 is 0 Å². The second kappa shape index (κ2) is 10.7.